The summed E-state index contributed by atoms with van der Waals surface area (Å²) < 4.78 is 1.48. The van der Waals surface area contributed by atoms with Gasteiger partial charge >= 0.3 is 0 Å². The van der Waals surface area contributed by atoms with E-state index in [-0.39, 0.29) is 0 Å². The first-order chi connectivity index (χ1) is 9.25. The van der Waals surface area contributed by atoms with Gasteiger partial charge in [-0.2, -0.15) is 0 Å². The molecule has 0 aliphatic rings. The lowest BCUT2D eigenvalue weighted by atomic mass is 10.2. The van der Waals surface area contributed by atoms with Crippen LogP contribution < -0.4 is 4.42 Å². The molecule has 1 aromatic heterocycles. The fourth-order valence-electron chi connectivity index (χ4n) is 1.87. The van der Waals surface area contributed by atoms with Gasteiger partial charge in [0, 0.05) is 22.2 Å². The van der Waals surface area contributed by atoms with Gasteiger partial charge in [-0.3, -0.25) is 0 Å². The standard InChI is InChI=1S/C14H9Cl2N3/c15-10-4-3-5-11(8-10)19(16)14-12-6-1-2-7-13(12)17-9-18-14/h1-9H. The molecule has 0 fully saturated rings. The molecule has 0 unspecified atom stereocenters. The summed E-state index contributed by atoms with van der Waals surface area (Å²) in [6, 6.07) is 15.0. The van der Waals surface area contributed by atoms with Crippen LogP contribution in [0.4, 0.5) is 11.5 Å². The first kappa shape index (κ1) is 12.2. The van der Waals surface area contributed by atoms with Gasteiger partial charge in [0.05, 0.1) is 11.2 Å². The molecule has 0 amide bonds. The fraction of sp³-hybridized carbons (Fsp3) is 0. The number of nitrogens with zero attached hydrogens (tertiary/aromatic N) is 3. The number of hydrogen-bond acceptors (Lipinski definition) is 3. The van der Waals surface area contributed by atoms with Crippen LogP contribution in [0.5, 0.6) is 0 Å². The molecule has 0 radical (unpaired) electrons. The second kappa shape index (κ2) is 5.03. The van der Waals surface area contributed by atoms with Gasteiger partial charge < -0.3 is 0 Å². The molecule has 19 heavy (non-hydrogen) atoms. The maximum atomic E-state index is 6.37. The van der Waals surface area contributed by atoms with Crippen molar-refractivity contribution < 1.29 is 0 Å². The summed E-state index contributed by atoms with van der Waals surface area (Å²) in [4.78, 5) is 8.47. The quantitative estimate of drug-likeness (QED) is 0.647. The van der Waals surface area contributed by atoms with Crippen molar-refractivity contribution in [2.75, 3.05) is 4.42 Å². The lowest BCUT2D eigenvalue weighted by Crippen LogP contribution is -2.05. The Morgan fingerprint density at radius 2 is 1.79 bits per heavy atom. The second-order valence-corrected chi connectivity index (χ2v) is 4.75. The molecule has 5 heteroatoms. The Bertz CT molecular complexity index is 725. The normalized spacial score (nSPS) is 10.6. The Balaban J connectivity index is 2.14. The summed E-state index contributed by atoms with van der Waals surface area (Å²) >= 11 is 12.3. The third-order valence-corrected chi connectivity index (χ3v) is 3.33. The minimum atomic E-state index is 0.626. The molecular weight excluding hydrogens is 281 g/mol. The smallest absolute Gasteiger partial charge is 0.159 e. The van der Waals surface area contributed by atoms with E-state index in [2.05, 4.69) is 9.97 Å². The molecule has 0 saturated carbocycles. The molecule has 3 nitrogen and oxygen atoms in total. The van der Waals surface area contributed by atoms with Crippen molar-refractivity contribution in [1.82, 2.24) is 9.97 Å². The Morgan fingerprint density at radius 3 is 2.63 bits per heavy atom. The number of hydrogen-bond donors (Lipinski definition) is 0. The zero-order chi connectivity index (χ0) is 13.2. The maximum absolute atomic E-state index is 6.37. The average Bonchev–Trinajstić information content (AvgIpc) is 2.46. The van der Waals surface area contributed by atoms with E-state index in [1.807, 2.05) is 36.4 Å². The van der Waals surface area contributed by atoms with Crippen molar-refractivity contribution >= 4 is 45.8 Å². The van der Waals surface area contributed by atoms with E-state index in [0.717, 1.165) is 16.6 Å². The molecule has 0 aliphatic carbocycles. The first-order valence-electron chi connectivity index (χ1n) is 5.67. The van der Waals surface area contributed by atoms with Gasteiger partial charge in [-0.15, -0.1) is 0 Å². The minimum absolute atomic E-state index is 0.626. The van der Waals surface area contributed by atoms with Gasteiger partial charge in [0.2, 0.25) is 0 Å². The van der Waals surface area contributed by atoms with Gasteiger partial charge in [-0.25, -0.2) is 14.4 Å². The number of benzene rings is 2. The SMILES string of the molecule is Clc1cccc(N(Cl)c2ncnc3ccccc23)c1. The molecule has 0 aliphatic heterocycles. The third-order valence-electron chi connectivity index (χ3n) is 2.74. The van der Waals surface area contributed by atoms with Crippen LogP contribution >= 0.6 is 23.4 Å². The maximum Gasteiger partial charge on any atom is 0.159 e. The number of fused-ring (bicyclic) bond motifs is 1. The van der Waals surface area contributed by atoms with Crippen LogP contribution in [0.15, 0.2) is 54.9 Å². The molecule has 94 valence electrons. The summed E-state index contributed by atoms with van der Waals surface area (Å²) in [5.74, 6) is 0.634. The molecule has 0 atom stereocenters. The van der Waals surface area contributed by atoms with Crippen molar-refractivity contribution in [3.05, 3.63) is 59.9 Å². The van der Waals surface area contributed by atoms with Crippen molar-refractivity contribution in [2.45, 2.75) is 0 Å². The zero-order valence-corrected chi connectivity index (χ0v) is 11.3. The number of aromatic nitrogens is 2. The largest absolute Gasteiger partial charge is 0.236 e. The summed E-state index contributed by atoms with van der Waals surface area (Å²) in [6.07, 6.45) is 1.50. The van der Waals surface area contributed by atoms with E-state index >= 15 is 0 Å². The highest BCUT2D eigenvalue weighted by atomic mass is 35.5. The highest BCUT2D eigenvalue weighted by Gasteiger charge is 2.12. The molecule has 0 saturated heterocycles. The van der Waals surface area contributed by atoms with Crippen molar-refractivity contribution in [3.63, 3.8) is 0 Å². The summed E-state index contributed by atoms with van der Waals surface area (Å²) in [5.41, 5.74) is 1.61. The highest BCUT2D eigenvalue weighted by molar-refractivity contribution is 6.33. The molecular formula is C14H9Cl2N3. The Morgan fingerprint density at radius 1 is 0.947 bits per heavy atom. The predicted molar refractivity (Wildman–Crippen MR) is 79.0 cm³/mol. The van der Waals surface area contributed by atoms with E-state index in [1.165, 1.54) is 10.7 Å². The van der Waals surface area contributed by atoms with Crippen molar-refractivity contribution in [2.24, 2.45) is 0 Å². The number of anilines is 2. The van der Waals surface area contributed by atoms with E-state index < -0.39 is 0 Å². The highest BCUT2D eigenvalue weighted by Crippen LogP contribution is 2.32. The topological polar surface area (TPSA) is 29.0 Å². The molecule has 0 bridgehead atoms. The van der Waals surface area contributed by atoms with Crippen molar-refractivity contribution in [3.8, 4) is 0 Å². The molecule has 3 rings (SSSR count). The van der Waals surface area contributed by atoms with Crippen LogP contribution in [0.1, 0.15) is 0 Å². The number of rotatable bonds is 2. The predicted octanol–water partition coefficient (Wildman–Crippen LogP) is 4.58. The monoisotopic (exact) mass is 289 g/mol. The van der Waals surface area contributed by atoms with Crippen LogP contribution in [0.25, 0.3) is 10.9 Å². The van der Waals surface area contributed by atoms with Gasteiger partial charge in [0.25, 0.3) is 0 Å². The molecule has 3 aromatic rings. The molecule has 2 aromatic carbocycles. The summed E-state index contributed by atoms with van der Waals surface area (Å²) in [6.45, 7) is 0. The minimum Gasteiger partial charge on any atom is -0.236 e. The lowest BCUT2D eigenvalue weighted by Gasteiger charge is -2.16. The Hall–Kier alpha value is -1.84. The van der Waals surface area contributed by atoms with Crippen LogP contribution in [0.2, 0.25) is 5.02 Å². The van der Waals surface area contributed by atoms with E-state index in [9.17, 15) is 0 Å². The molecule has 1 heterocycles. The third kappa shape index (κ3) is 2.35. The molecule has 0 spiro atoms. The fourth-order valence-corrected chi connectivity index (χ4v) is 2.29. The van der Waals surface area contributed by atoms with Gasteiger partial charge in [0.1, 0.15) is 6.33 Å². The van der Waals surface area contributed by atoms with E-state index in [1.54, 1.807) is 12.1 Å². The summed E-state index contributed by atoms with van der Waals surface area (Å²) in [7, 11) is 0. The van der Waals surface area contributed by atoms with Crippen LogP contribution in [0.3, 0.4) is 0 Å². The number of halogens is 2. The van der Waals surface area contributed by atoms with E-state index in [4.69, 9.17) is 23.4 Å². The first-order valence-corrected chi connectivity index (χ1v) is 6.38. The average molecular weight is 290 g/mol. The zero-order valence-electron chi connectivity index (χ0n) is 9.79. The van der Waals surface area contributed by atoms with Crippen LogP contribution in [-0.4, -0.2) is 9.97 Å². The molecule has 0 N–H and O–H groups in total. The van der Waals surface area contributed by atoms with Gasteiger partial charge in [0.15, 0.2) is 5.82 Å². The lowest BCUT2D eigenvalue weighted by molar-refractivity contribution is 1.19. The summed E-state index contributed by atoms with van der Waals surface area (Å²) in [5, 5.41) is 1.52. The van der Waals surface area contributed by atoms with Crippen LogP contribution in [-0.2, 0) is 0 Å². The number of para-hydroxylation sites is 1. The Labute approximate surface area is 120 Å². The Kier molecular flexibility index (Phi) is 3.23. The van der Waals surface area contributed by atoms with E-state index in [0.29, 0.717) is 10.8 Å². The van der Waals surface area contributed by atoms with Gasteiger partial charge in [-0.05, 0) is 30.3 Å². The van der Waals surface area contributed by atoms with Crippen molar-refractivity contribution in [1.29, 1.82) is 0 Å². The van der Waals surface area contributed by atoms with Gasteiger partial charge in [-0.1, -0.05) is 29.8 Å². The van der Waals surface area contributed by atoms with Crippen LogP contribution in [0, 0.1) is 0 Å². The second-order valence-electron chi connectivity index (χ2n) is 3.98.